The van der Waals surface area contributed by atoms with E-state index in [2.05, 4.69) is 25.5 Å². The number of pyridine rings is 1. The molecule has 0 atom stereocenters. The topological polar surface area (TPSA) is 55.8 Å². The Morgan fingerprint density at radius 2 is 1.90 bits per heavy atom. The first-order valence-corrected chi connectivity index (χ1v) is 11.0. The summed E-state index contributed by atoms with van der Waals surface area (Å²) in [6.07, 6.45) is 2.13. The zero-order valence-electron chi connectivity index (χ0n) is 18.2. The molecule has 1 aliphatic heterocycles. The normalized spacial score (nSPS) is 15.3. The predicted octanol–water partition coefficient (Wildman–Crippen LogP) is 4.40. The van der Waals surface area contributed by atoms with Gasteiger partial charge in [-0.3, -0.25) is 9.89 Å². The van der Waals surface area contributed by atoms with Gasteiger partial charge in [0, 0.05) is 46.8 Å². The number of anilines is 1. The fourth-order valence-electron chi connectivity index (χ4n) is 3.51. The summed E-state index contributed by atoms with van der Waals surface area (Å²) in [6.45, 7) is 3.59. The van der Waals surface area contributed by atoms with Gasteiger partial charge in [-0.2, -0.15) is 0 Å². The van der Waals surface area contributed by atoms with Crippen LogP contribution in [-0.2, 0) is 13.1 Å². The fraction of sp³-hybridized carbons (Fsp3) is 0.455. The largest absolute Gasteiger partial charge is 0.363 e. The molecule has 1 aromatic heterocycles. The Kier molecular flexibility index (Phi) is 10.6. The summed E-state index contributed by atoms with van der Waals surface area (Å²) in [6, 6.07) is 12.3. The van der Waals surface area contributed by atoms with Crippen LogP contribution < -0.4 is 15.5 Å². The number of hydrogen-bond donors (Lipinski definition) is 2. The Balaban J connectivity index is 0.00000341. The molecule has 0 bridgehead atoms. The highest BCUT2D eigenvalue weighted by Crippen LogP contribution is 2.24. The highest BCUT2D eigenvalue weighted by Gasteiger charge is 2.20. The Morgan fingerprint density at radius 3 is 2.55 bits per heavy atom. The van der Waals surface area contributed by atoms with Crippen molar-refractivity contribution in [1.29, 1.82) is 0 Å². The van der Waals surface area contributed by atoms with Gasteiger partial charge >= 0.3 is 0 Å². The van der Waals surface area contributed by atoms with Crippen molar-refractivity contribution in [2.24, 2.45) is 4.99 Å². The molecular formula is C22H31Cl2IN6. The van der Waals surface area contributed by atoms with Crippen LogP contribution in [0.25, 0.3) is 0 Å². The number of likely N-dealkylation sites (tertiary alicyclic amines) is 1. The van der Waals surface area contributed by atoms with Crippen molar-refractivity contribution in [3.63, 3.8) is 0 Å². The number of benzene rings is 1. The molecule has 0 aliphatic carbocycles. The van der Waals surface area contributed by atoms with Crippen LogP contribution >= 0.6 is 47.2 Å². The van der Waals surface area contributed by atoms with Crippen molar-refractivity contribution in [3.8, 4) is 0 Å². The van der Waals surface area contributed by atoms with Crippen LogP contribution in [0.15, 0.2) is 41.4 Å². The van der Waals surface area contributed by atoms with E-state index < -0.39 is 0 Å². The molecule has 31 heavy (non-hydrogen) atoms. The molecule has 9 heteroatoms. The van der Waals surface area contributed by atoms with E-state index in [1.165, 1.54) is 5.56 Å². The second kappa shape index (κ2) is 12.7. The maximum Gasteiger partial charge on any atom is 0.191 e. The lowest BCUT2D eigenvalue weighted by Crippen LogP contribution is -2.48. The first-order valence-electron chi connectivity index (χ1n) is 10.2. The highest BCUT2D eigenvalue weighted by molar-refractivity contribution is 14.0. The lowest BCUT2D eigenvalue weighted by atomic mass is 10.0. The molecule has 2 N–H and O–H groups in total. The van der Waals surface area contributed by atoms with E-state index in [-0.39, 0.29) is 24.0 Å². The Morgan fingerprint density at radius 1 is 1.16 bits per heavy atom. The number of nitrogens with zero attached hydrogens (tertiary/aromatic N) is 4. The van der Waals surface area contributed by atoms with Crippen LogP contribution in [0.3, 0.4) is 0 Å². The maximum atomic E-state index is 6.14. The molecule has 1 aromatic carbocycles. The molecule has 0 saturated carbocycles. The molecular weight excluding hydrogens is 546 g/mol. The molecule has 1 fully saturated rings. The molecule has 1 aliphatic rings. The minimum Gasteiger partial charge on any atom is -0.363 e. The third-order valence-electron chi connectivity index (χ3n) is 5.23. The van der Waals surface area contributed by atoms with Gasteiger partial charge in [-0.15, -0.1) is 24.0 Å². The van der Waals surface area contributed by atoms with Crippen LogP contribution in [0.4, 0.5) is 5.82 Å². The van der Waals surface area contributed by atoms with Crippen LogP contribution in [0.5, 0.6) is 0 Å². The van der Waals surface area contributed by atoms with Gasteiger partial charge in [-0.25, -0.2) is 4.98 Å². The van der Waals surface area contributed by atoms with Crippen LogP contribution in [0.1, 0.15) is 24.1 Å². The summed E-state index contributed by atoms with van der Waals surface area (Å²) in [5, 5.41) is 8.15. The first-order chi connectivity index (χ1) is 14.4. The van der Waals surface area contributed by atoms with E-state index in [1.54, 1.807) is 7.05 Å². The van der Waals surface area contributed by atoms with E-state index in [1.807, 2.05) is 55.4 Å². The summed E-state index contributed by atoms with van der Waals surface area (Å²) in [7, 11) is 5.79. The van der Waals surface area contributed by atoms with E-state index >= 15 is 0 Å². The summed E-state index contributed by atoms with van der Waals surface area (Å²) in [5.74, 6) is 1.77. The van der Waals surface area contributed by atoms with Crippen molar-refractivity contribution in [2.45, 2.75) is 32.0 Å². The van der Waals surface area contributed by atoms with E-state index in [0.717, 1.165) is 49.9 Å². The third kappa shape index (κ3) is 7.97. The van der Waals surface area contributed by atoms with Crippen molar-refractivity contribution < 1.29 is 0 Å². The summed E-state index contributed by atoms with van der Waals surface area (Å²) >= 11 is 12.2. The lowest BCUT2D eigenvalue weighted by Gasteiger charge is -2.33. The van der Waals surface area contributed by atoms with Gasteiger partial charge in [-0.1, -0.05) is 35.3 Å². The van der Waals surface area contributed by atoms with Gasteiger partial charge in [0.05, 0.1) is 22.3 Å². The van der Waals surface area contributed by atoms with E-state index in [9.17, 15) is 0 Å². The standard InChI is InChI=1S/C22H30Cl2N6.HI/c1-25-22(26-14-18-5-4-6-21(27-18)29(2)3)28-17-9-11-30(12-10-17)15-16-7-8-19(23)20(24)13-16;/h4-8,13,17H,9-12,14-15H2,1-3H3,(H2,25,26,28);1H. The first kappa shape index (κ1) is 26.0. The highest BCUT2D eigenvalue weighted by atomic mass is 127. The Bertz CT molecular complexity index is 869. The summed E-state index contributed by atoms with van der Waals surface area (Å²) in [4.78, 5) is 13.5. The summed E-state index contributed by atoms with van der Waals surface area (Å²) in [5.41, 5.74) is 2.18. The number of aromatic nitrogens is 1. The van der Waals surface area contributed by atoms with Crippen molar-refractivity contribution in [3.05, 3.63) is 57.7 Å². The molecule has 0 radical (unpaired) electrons. The Labute approximate surface area is 212 Å². The SMILES string of the molecule is CN=C(NCc1cccc(N(C)C)n1)NC1CCN(Cc2ccc(Cl)c(Cl)c2)CC1.I. The van der Waals surface area contributed by atoms with Crippen molar-refractivity contribution in [2.75, 3.05) is 39.1 Å². The second-order valence-corrected chi connectivity index (χ2v) is 8.56. The fourth-order valence-corrected chi connectivity index (χ4v) is 3.83. The number of rotatable bonds is 6. The molecule has 1 saturated heterocycles. The molecule has 0 unspecified atom stereocenters. The minimum atomic E-state index is 0. The summed E-state index contributed by atoms with van der Waals surface area (Å²) < 4.78 is 0. The average Bonchev–Trinajstić information content (AvgIpc) is 2.75. The van der Waals surface area contributed by atoms with Gasteiger partial charge in [0.1, 0.15) is 5.82 Å². The number of nitrogens with one attached hydrogen (secondary N) is 2. The second-order valence-electron chi connectivity index (χ2n) is 7.75. The minimum absolute atomic E-state index is 0. The van der Waals surface area contributed by atoms with Gasteiger partial charge in [-0.05, 0) is 42.7 Å². The van der Waals surface area contributed by atoms with Crippen LogP contribution in [0.2, 0.25) is 10.0 Å². The average molecular weight is 577 g/mol. The van der Waals surface area contributed by atoms with Crippen LogP contribution in [0, 0.1) is 0 Å². The molecule has 2 aromatic rings. The monoisotopic (exact) mass is 576 g/mol. The molecule has 170 valence electrons. The number of hydrogen-bond acceptors (Lipinski definition) is 4. The van der Waals surface area contributed by atoms with Gasteiger partial charge < -0.3 is 15.5 Å². The smallest absolute Gasteiger partial charge is 0.191 e. The van der Waals surface area contributed by atoms with E-state index in [4.69, 9.17) is 23.2 Å². The molecule has 0 amide bonds. The van der Waals surface area contributed by atoms with Gasteiger partial charge in [0.2, 0.25) is 0 Å². The number of piperidine rings is 1. The molecule has 2 heterocycles. The molecule has 6 nitrogen and oxygen atoms in total. The van der Waals surface area contributed by atoms with Crippen molar-refractivity contribution in [1.82, 2.24) is 20.5 Å². The number of halogens is 3. The van der Waals surface area contributed by atoms with Crippen LogP contribution in [-0.4, -0.2) is 56.1 Å². The van der Waals surface area contributed by atoms with E-state index in [0.29, 0.717) is 22.6 Å². The Hall–Kier alpha value is -1.29. The quantitative estimate of drug-likeness (QED) is 0.303. The number of aliphatic imine (C=N–C) groups is 1. The maximum absolute atomic E-state index is 6.14. The zero-order valence-corrected chi connectivity index (χ0v) is 22.1. The van der Waals surface area contributed by atoms with Gasteiger partial charge in [0.25, 0.3) is 0 Å². The third-order valence-corrected chi connectivity index (χ3v) is 5.97. The zero-order chi connectivity index (χ0) is 21.5. The lowest BCUT2D eigenvalue weighted by molar-refractivity contribution is 0.198. The van der Waals surface area contributed by atoms with Gasteiger partial charge in [0.15, 0.2) is 5.96 Å². The predicted molar refractivity (Wildman–Crippen MR) is 142 cm³/mol. The molecule has 0 spiro atoms. The molecule has 3 rings (SSSR count). The van der Waals surface area contributed by atoms with Crippen molar-refractivity contribution >= 4 is 59.0 Å². The number of guanidine groups is 1.